The smallest absolute Gasteiger partial charge is 0.306 e. The van der Waals surface area contributed by atoms with Crippen LogP contribution in [0.3, 0.4) is 0 Å². The number of carboxylic acids is 1. The van der Waals surface area contributed by atoms with Gasteiger partial charge in [-0.3, -0.25) is 4.79 Å². The highest BCUT2D eigenvalue weighted by molar-refractivity contribution is 5.69. The lowest BCUT2D eigenvalue weighted by Crippen LogP contribution is -2.22. The van der Waals surface area contributed by atoms with Gasteiger partial charge in [-0.1, -0.05) is 6.92 Å². The van der Waals surface area contributed by atoms with E-state index in [1.165, 1.54) is 0 Å². The summed E-state index contributed by atoms with van der Waals surface area (Å²) < 4.78 is 4.93. The molecule has 0 spiro atoms. The molecule has 2 unspecified atom stereocenters. The summed E-state index contributed by atoms with van der Waals surface area (Å²) in [4.78, 5) is 10.4. The van der Waals surface area contributed by atoms with Gasteiger partial charge in [-0.25, -0.2) is 0 Å². The minimum absolute atomic E-state index is 0.216. The van der Waals surface area contributed by atoms with E-state index in [0.29, 0.717) is 6.61 Å². The third kappa shape index (κ3) is 5.09. The lowest BCUT2D eigenvalue weighted by atomic mass is 10.0. The van der Waals surface area contributed by atoms with Gasteiger partial charge in [0.05, 0.1) is 18.6 Å². The number of aliphatic hydroxyl groups excluding tert-OH is 1. The molecule has 0 aliphatic rings. The first-order valence-corrected chi connectivity index (χ1v) is 4.06. The molecule has 0 amide bonds. The lowest BCUT2D eigenvalue weighted by Gasteiger charge is -2.12. The maximum absolute atomic E-state index is 10.4. The van der Waals surface area contributed by atoms with E-state index in [0.717, 1.165) is 0 Å². The summed E-state index contributed by atoms with van der Waals surface area (Å²) in [5, 5.41) is 17.7. The van der Waals surface area contributed by atoms with Gasteiger partial charge in [0.2, 0.25) is 0 Å². The van der Waals surface area contributed by atoms with E-state index in [4.69, 9.17) is 9.84 Å². The molecule has 0 heterocycles. The fourth-order valence-electron chi connectivity index (χ4n) is 0.831. The predicted octanol–water partition coefficient (Wildman–Crippen LogP) is 0.495. The third-order valence-electron chi connectivity index (χ3n) is 1.56. The van der Waals surface area contributed by atoms with Crippen molar-refractivity contribution in [1.29, 1.82) is 0 Å². The topological polar surface area (TPSA) is 66.8 Å². The Morgan fingerprint density at radius 2 is 2.17 bits per heavy atom. The molecule has 0 radical (unpaired) electrons. The van der Waals surface area contributed by atoms with Crippen molar-refractivity contribution in [3.8, 4) is 0 Å². The van der Waals surface area contributed by atoms with E-state index in [1.807, 2.05) is 6.92 Å². The van der Waals surface area contributed by atoms with Crippen LogP contribution in [-0.4, -0.2) is 35.5 Å². The number of aliphatic hydroxyl groups is 1. The Morgan fingerprint density at radius 1 is 1.58 bits per heavy atom. The minimum atomic E-state index is -0.884. The van der Waals surface area contributed by atoms with E-state index in [1.54, 1.807) is 6.92 Å². The van der Waals surface area contributed by atoms with Crippen molar-refractivity contribution in [3.63, 3.8) is 0 Å². The van der Waals surface area contributed by atoms with E-state index >= 15 is 0 Å². The molecule has 0 aliphatic heterocycles. The molecule has 0 bridgehead atoms. The van der Waals surface area contributed by atoms with Crippen LogP contribution in [0.2, 0.25) is 0 Å². The number of ether oxygens (including phenoxy) is 1. The van der Waals surface area contributed by atoms with Crippen molar-refractivity contribution in [2.24, 2.45) is 5.92 Å². The molecule has 2 atom stereocenters. The second kappa shape index (κ2) is 5.97. The Morgan fingerprint density at radius 3 is 2.58 bits per heavy atom. The SMILES string of the molecule is CCOCC(O)CC(C)C(=O)O. The molecule has 2 N–H and O–H groups in total. The number of hydrogen-bond acceptors (Lipinski definition) is 3. The number of aliphatic carboxylic acids is 1. The third-order valence-corrected chi connectivity index (χ3v) is 1.56. The minimum Gasteiger partial charge on any atom is -0.481 e. The molecule has 0 rings (SSSR count). The van der Waals surface area contributed by atoms with Gasteiger partial charge in [0.15, 0.2) is 0 Å². The van der Waals surface area contributed by atoms with Gasteiger partial charge in [0.25, 0.3) is 0 Å². The molecular formula is C8H16O4. The van der Waals surface area contributed by atoms with Crippen LogP contribution >= 0.6 is 0 Å². The van der Waals surface area contributed by atoms with Gasteiger partial charge in [-0.15, -0.1) is 0 Å². The van der Waals surface area contributed by atoms with Crippen molar-refractivity contribution in [3.05, 3.63) is 0 Å². The average molecular weight is 176 g/mol. The van der Waals surface area contributed by atoms with Crippen molar-refractivity contribution in [2.75, 3.05) is 13.2 Å². The monoisotopic (exact) mass is 176 g/mol. The Balaban J connectivity index is 3.53. The summed E-state index contributed by atoms with van der Waals surface area (Å²) in [5.41, 5.74) is 0. The maximum Gasteiger partial charge on any atom is 0.306 e. The molecule has 12 heavy (non-hydrogen) atoms. The highest BCUT2D eigenvalue weighted by Crippen LogP contribution is 2.06. The maximum atomic E-state index is 10.4. The molecular weight excluding hydrogens is 160 g/mol. The zero-order chi connectivity index (χ0) is 9.56. The first-order valence-electron chi connectivity index (χ1n) is 4.06. The fourth-order valence-corrected chi connectivity index (χ4v) is 0.831. The lowest BCUT2D eigenvalue weighted by molar-refractivity contribution is -0.142. The summed E-state index contributed by atoms with van der Waals surface area (Å²) in [6.45, 7) is 4.15. The Kier molecular flexibility index (Phi) is 5.66. The Bertz CT molecular complexity index is 135. The molecule has 0 aliphatic carbocycles. The van der Waals surface area contributed by atoms with Crippen LogP contribution in [-0.2, 0) is 9.53 Å². The standard InChI is InChI=1S/C8H16O4/c1-3-12-5-7(9)4-6(2)8(10)11/h6-7,9H,3-5H2,1-2H3,(H,10,11). The summed E-state index contributed by atoms with van der Waals surface area (Å²) >= 11 is 0. The molecule has 0 aromatic rings. The van der Waals surface area contributed by atoms with Crippen LogP contribution in [0.4, 0.5) is 0 Å². The quantitative estimate of drug-likeness (QED) is 0.618. The Labute approximate surface area is 72.2 Å². The van der Waals surface area contributed by atoms with Gasteiger partial charge in [-0.05, 0) is 13.3 Å². The summed E-state index contributed by atoms with van der Waals surface area (Å²) in [6, 6.07) is 0. The normalized spacial score (nSPS) is 15.6. The molecule has 4 nitrogen and oxygen atoms in total. The second-order valence-electron chi connectivity index (χ2n) is 2.79. The number of hydrogen-bond donors (Lipinski definition) is 2. The first kappa shape index (κ1) is 11.4. The van der Waals surface area contributed by atoms with E-state index in [-0.39, 0.29) is 13.0 Å². The number of carboxylic acid groups (broad SMARTS) is 1. The van der Waals surface area contributed by atoms with E-state index in [2.05, 4.69) is 0 Å². The zero-order valence-electron chi connectivity index (χ0n) is 7.49. The van der Waals surface area contributed by atoms with Crippen LogP contribution in [0.15, 0.2) is 0 Å². The highest BCUT2D eigenvalue weighted by Gasteiger charge is 2.15. The van der Waals surface area contributed by atoms with E-state index < -0.39 is 18.0 Å². The van der Waals surface area contributed by atoms with Gasteiger partial charge in [-0.2, -0.15) is 0 Å². The van der Waals surface area contributed by atoms with Crippen molar-refractivity contribution < 1.29 is 19.7 Å². The molecule has 0 fully saturated rings. The highest BCUT2D eigenvalue weighted by atomic mass is 16.5. The predicted molar refractivity (Wildman–Crippen MR) is 43.9 cm³/mol. The molecule has 0 saturated carbocycles. The molecule has 4 heteroatoms. The largest absolute Gasteiger partial charge is 0.481 e. The van der Waals surface area contributed by atoms with Crippen molar-refractivity contribution in [1.82, 2.24) is 0 Å². The fraction of sp³-hybridized carbons (Fsp3) is 0.875. The summed E-state index contributed by atoms with van der Waals surface area (Å²) in [6.07, 6.45) is -0.425. The van der Waals surface area contributed by atoms with Gasteiger partial charge in [0.1, 0.15) is 0 Å². The molecule has 0 saturated heterocycles. The van der Waals surface area contributed by atoms with Crippen LogP contribution in [0.25, 0.3) is 0 Å². The molecule has 0 aromatic heterocycles. The van der Waals surface area contributed by atoms with Crippen molar-refractivity contribution >= 4 is 5.97 Å². The Hall–Kier alpha value is -0.610. The van der Waals surface area contributed by atoms with Crippen LogP contribution in [0.1, 0.15) is 20.3 Å². The van der Waals surface area contributed by atoms with Crippen molar-refractivity contribution in [2.45, 2.75) is 26.4 Å². The summed E-state index contributed by atoms with van der Waals surface area (Å²) in [5.74, 6) is -1.40. The zero-order valence-corrected chi connectivity index (χ0v) is 7.49. The van der Waals surface area contributed by atoms with Gasteiger partial charge in [0, 0.05) is 6.61 Å². The first-order chi connectivity index (χ1) is 5.57. The van der Waals surface area contributed by atoms with Crippen LogP contribution in [0, 0.1) is 5.92 Å². The number of rotatable bonds is 6. The molecule has 0 aromatic carbocycles. The summed E-state index contributed by atoms with van der Waals surface area (Å²) in [7, 11) is 0. The second-order valence-corrected chi connectivity index (χ2v) is 2.79. The van der Waals surface area contributed by atoms with Gasteiger partial charge >= 0.3 is 5.97 Å². The van der Waals surface area contributed by atoms with Crippen LogP contribution < -0.4 is 0 Å². The number of carbonyl (C=O) groups is 1. The van der Waals surface area contributed by atoms with Crippen LogP contribution in [0.5, 0.6) is 0 Å². The van der Waals surface area contributed by atoms with E-state index in [9.17, 15) is 9.90 Å². The van der Waals surface area contributed by atoms with Gasteiger partial charge < -0.3 is 14.9 Å². The molecule has 72 valence electrons. The average Bonchev–Trinajstić information content (AvgIpc) is 2.00.